The maximum absolute atomic E-state index is 11.7. The third kappa shape index (κ3) is 5.12. The molecule has 42 heavy (non-hydrogen) atoms. The van der Waals surface area contributed by atoms with Crippen molar-refractivity contribution < 1.29 is 14.6 Å². The fraction of sp³-hybridized carbons (Fsp3) is 0.147. The predicted molar refractivity (Wildman–Crippen MR) is 168 cm³/mol. The first kappa shape index (κ1) is 27.2. The van der Waals surface area contributed by atoms with Gasteiger partial charge in [-0.15, -0.1) is 0 Å². The zero-order valence-electron chi connectivity index (χ0n) is 23.5. The Kier molecular flexibility index (Phi) is 7.22. The zero-order chi connectivity index (χ0) is 29.4. The van der Waals surface area contributed by atoms with E-state index >= 15 is 0 Å². The van der Waals surface area contributed by atoms with Gasteiger partial charge in [0.1, 0.15) is 11.5 Å². The van der Waals surface area contributed by atoms with Crippen LogP contribution in [0.15, 0.2) is 103 Å². The van der Waals surface area contributed by atoms with E-state index in [4.69, 9.17) is 17.0 Å². The van der Waals surface area contributed by atoms with Crippen LogP contribution in [0.4, 0.5) is 5.69 Å². The number of carboxylic acid groups (broad SMARTS) is 1. The van der Waals surface area contributed by atoms with Crippen molar-refractivity contribution in [1.29, 1.82) is 0 Å². The van der Waals surface area contributed by atoms with Gasteiger partial charge in [-0.05, 0) is 111 Å². The Morgan fingerprint density at radius 3 is 2.26 bits per heavy atom. The molecule has 1 aliphatic heterocycles. The minimum absolute atomic E-state index is 0.207. The van der Waals surface area contributed by atoms with E-state index < -0.39 is 5.97 Å². The van der Waals surface area contributed by atoms with E-state index in [1.807, 2.05) is 86.6 Å². The summed E-state index contributed by atoms with van der Waals surface area (Å²) in [6.45, 7) is 6.13. The van der Waals surface area contributed by atoms with Gasteiger partial charge < -0.3 is 24.6 Å². The molecule has 1 aliphatic rings. The molecule has 2 atom stereocenters. The number of nitrogens with zero attached hydrogens (tertiary/aromatic N) is 3. The number of benzene rings is 3. The highest BCUT2D eigenvalue weighted by Gasteiger charge is 2.42. The summed E-state index contributed by atoms with van der Waals surface area (Å²) >= 11 is 5.93. The van der Waals surface area contributed by atoms with Crippen LogP contribution in [-0.2, 0) is 0 Å². The number of nitrogens with one attached hydrogen (secondary N) is 1. The Morgan fingerprint density at radius 1 is 0.881 bits per heavy atom. The fourth-order valence-electron chi connectivity index (χ4n) is 5.63. The molecule has 1 saturated heterocycles. The number of pyridine rings is 1. The van der Waals surface area contributed by atoms with Crippen molar-refractivity contribution in [3.05, 3.63) is 137 Å². The molecule has 0 radical (unpaired) electrons. The number of hydrogen-bond donors (Lipinski definition) is 2. The van der Waals surface area contributed by atoms with Crippen LogP contribution in [0.5, 0.6) is 11.5 Å². The summed E-state index contributed by atoms with van der Waals surface area (Å²) < 4.78 is 8.16. The molecule has 7 nitrogen and oxygen atoms in total. The average Bonchev–Trinajstić information content (AvgIpc) is 3.49. The first-order valence-corrected chi connectivity index (χ1v) is 14.1. The first-order valence-electron chi connectivity index (χ1n) is 13.7. The Bertz CT molecular complexity index is 1770. The minimum atomic E-state index is -0.957. The smallest absolute Gasteiger partial charge is 0.335 e. The van der Waals surface area contributed by atoms with Gasteiger partial charge in [-0.1, -0.05) is 29.8 Å². The maximum Gasteiger partial charge on any atom is 0.335 e. The van der Waals surface area contributed by atoms with Crippen LogP contribution in [0.3, 0.4) is 0 Å². The molecule has 8 heteroatoms. The quantitative estimate of drug-likeness (QED) is 0.195. The van der Waals surface area contributed by atoms with E-state index in [0.717, 1.165) is 45.5 Å². The second-order valence-corrected chi connectivity index (χ2v) is 10.8. The number of anilines is 1. The lowest BCUT2D eigenvalue weighted by Gasteiger charge is -2.28. The Hall–Kier alpha value is -4.95. The molecule has 0 saturated carbocycles. The molecule has 0 aliphatic carbocycles. The maximum atomic E-state index is 11.7. The molecule has 1 fully saturated rings. The monoisotopic (exact) mass is 574 g/mol. The van der Waals surface area contributed by atoms with Gasteiger partial charge in [-0.2, -0.15) is 0 Å². The zero-order valence-corrected chi connectivity index (χ0v) is 24.3. The van der Waals surface area contributed by atoms with Crippen molar-refractivity contribution in [2.75, 3.05) is 4.90 Å². The molecule has 0 bridgehead atoms. The Labute approximate surface area is 250 Å². The SMILES string of the molecule is Cc1ccc(Oc2ccc(N3C(=S)NC(c4ccccn4)C3c3cc(C)n(-c4cccc(C(=O)O)c4)c3C)cc2)cc1. The largest absolute Gasteiger partial charge is 0.478 e. The van der Waals surface area contributed by atoms with Crippen LogP contribution < -0.4 is 15.0 Å². The van der Waals surface area contributed by atoms with Crippen molar-refractivity contribution in [3.63, 3.8) is 0 Å². The number of thiocarbonyl (C=S) groups is 1. The molecule has 3 heterocycles. The molecule has 210 valence electrons. The fourth-order valence-corrected chi connectivity index (χ4v) is 5.97. The number of aromatic nitrogens is 2. The number of rotatable bonds is 7. The predicted octanol–water partition coefficient (Wildman–Crippen LogP) is 7.47. The number of ether oxygens (including phenoxy) is 1. The van der Waals surface area contributed by atoms with Gasteiger partial charge >= 0.3 is 5.97 Å². The summed E-state index contributed by atoms with van der Waals surface area (Å²) in [5.41, 5.74) is 7.07. The lowest BCUT2D eigenvalue weighted by Crippen LogP contribution is -2.29. The van der Waals surface area contributed by atoms with E-state index in [0.29, 0.717) is 5.11 Å². The van der Waals surface area contributed by atoms with Crippen molar-refractivity contribution in [3.8, 4) is 17.2 Å². The van der Waals surface area contributed by atoms with Crippen molar-refractivity contribution in [2.24, 2.45) is 0 Å². The molecular formula is C34H30N4O3S. The Balaban J connectivity index is 1.41. The van der Waals surface area contributed by atoms with Gasteiger partial charge in [0.25, 0.3) is 0 Å². The Morgan fingerprint density at radius 2 is 1.60 bits per heavy atom. The van der Waals surface area contributed by atoms with Crippen LogP contribution in [0.25, 0.3) is 5.69 Å². The first-order chi connectivity index (χ1) is 20.3. The topological polar surface area (TPSA) is 79.6 Å². The summed E-state index contributed by atoms with van der Waals surface area (Å²) in [4.78, 5) is 18.5. The second-order valence-electron chi connectivity index (χ2n) is 10.4. The molecule has 2 unspecified atom stereocenters. The second kappa shape index (κ2) is 11.1. The van der Waals surface area contributed by atoms with Crippen molar-refractivity contribution in [2.45, 2.75) is 32.9 Å². The van der Waals surface area contributed by atoms with Crippen LogP contribution in [0.2, 0.25) is 0 Å². The van der Waals surface area contributed by atoms with E-state index in [1.54, 1.807) is 24.4 Å². The molecule has 2 aromatic heterocycles. The number of carboxylic acids is 1. The van der Waals surface area contributed by atoms with Crippen LogP contribution in [-0.4, -0.2) is 25.7 Å². The van der Waals surface area contributed by atoms with Crippen molar-refractivity contribution in [1.82, 2.24) is 14.9 Å². The molecule has 0 amide bonds. The molecule has 0 spiro atoms. The molecule has 6 rings (SSSR count). The molecule has 2 N–H and O–H groups in total. The lowest BCUT2D eigenvalue weighted by atomic mass is 9.96. The van der Waals surface area contributed by atoms with E-state index in [1.165, 1.54) is 5.56 Å². The third-order valence-electron chi connectivity index (χ3n) is 7.61. The standard InChI is InChI=1S/C34H30N4O3S/c1-21-10-14-27(15-11-21)41-28-16-12-25(13-17-28)38-32(31(36-34(38)42)30-9-4-5-18-35-30)29-19-22(2)37(23(29)3)26-8-6-7-24(20-26)33(39)40/h4-20,31-32H,1-3H3,(H,36,42)(H,39,40). The summed E-state index contributed by atoms with van der Waals surface area (Å²) in [5, 5.41) is 13.7. The van der Waals surface area contributed by atoms with Crippen molar-refractivity contribution >= 4 is 29.0 Å². The molecular weight excluding hydrogens is 544 g/mol. The van der Waals surface area contributed by atoms with Crippen LogP contribution >= 0.6 is 12.2 Å². The normalized spacial score (nSPS) is 16.4. The highest BCUT2D eigenvalue weighted by Crippen LogP contribution is 2.44. The van der Waals surface area contributed by atoms with E-state index in [-0.39, 0.29) is 17.6 Å². The van der Waals surface area contributed by atoms with Gasteiger partial charge in [0, 0.05) is 29.0 Å². The highest BCUT2D eigenvalue weighted by molar-refractivity contribution is 7.80. The summed E-state index contributed by atoms with van der Waals surface area (Å²) in [6.07, 6.45) is 1.79. The molecule has 5 aromatic rings. The summed E-state index contributed by atoms with van der Waals surface area (Å²) in [6, 6.07) is 30.5. The van der Waals surface area contributed by atoms with Gasteiger partial charge in [-0.25, -0.2) is 4.79 Å². The van der Waals surface area contributed by atoms with Gasteiger partial charge in [0.15, 0.2) is 5.11 Å². The highest BCUT2D eigenvalue weighted by atomic mass is 32.1. The number of hydrogen-bond acceptors (Lipinski definition) is 4. The van der Waals surface area contributed by atoms with Crippen LogP contribution in [0, 0.1) is 20.8 Å². The number of aryl methyl sites for hydroxylation is 2. The number of carbonyl (C=O) groups is 1. The average molecular weight is 575 g/mol. The van der Waals surface area contributed by atoms with E-state index in [2.05, 4.69) is 32.8 Å². The van der Waals surface area contributed by atoms with Gasteiger partial charge in [-0.3, -0.25) is 4.98 Å². The molecule has 3 aromatic carbocycles. The van der Waals surface area contributed by atoms with Crippen LogP contribution in [0.1, 0.15) is 50.7 Å². The summed E-state index contributed by atoms with van der Waals surface area (Å²) in [7, 11) is 0. The van der Waals surface area contributed by atoms with E-state index in [9.17, 15) is 9.90 Å². The van der Waals surface area contributed by atoms with Gasteiger partial charge in [0.05, 0.1) is 23.3 Å². The third-order valence-corrected chi connectivity index (χ3v) is 7.92. The number of aromatic carboxylic acids is 1. The minimum Gasteiger partial charge on any atom is -0.478 e. The van der Waals surface area contributed by atoms with Gasteiger partial charge in [0.2, 0.25) is 0 Å². The lowest BCUT2D eigenvalue weighted by molar-refractivity contribution is 0.0697. The summed E-state index contributed by atoms with van der Waals surface area (Å²) in [5.74, 6) is 0.551.